The van der Waals surface area contributed by atoms with E-state index in [9.17, 15) is 9.90 Å². The molecular formula is C30H38N4O4. The van der Waals surface area contributed by atoms with Crippen molar-refractivity contribution < 1.29 is 19.4 Å². The topological polar surface area (TPSA) is 79.2 Å². The third-order valence-electron chi connectivity index (χ3n) is 8.96. The fourth-order valence-corrected chi connectivity index (χ4v) is 6.71. The first kappa shape index (κ1) is 25.1. The van der Waals surface area contributed by atoms with Crippen LogP contribution in [0.25, 0.3) is 10.9 Å². The number of amides is 2. The van der Waals surface area contributed by atoms with Gasteiger partial charge in [0.1, 0.15) is 11.5 Å². The Kier molecular flexibility index (Phi) is 6.48. The highest BCUT2D eigenvalue weighted by Gasteiger charge is 2.49. The zero-order chi connectivity index (χ0) is 26.4. The average molecular weight is 519 g/mol. The highest BCUT2D eigenvalue weighted by atomic mass is 16.5. The van der Waals surface area contributed by atoms with Crippen LogP contribution in [0.15, 0.2) is 42.5 Å². The molecule has 1 spiro atoms. The molecule has 0 radical (unpaired) electrons. The second-order valence-electron chi connectivity index (χ2n) is 11.2. The summed E-state index contributed by atoms with van der Waals surface area (Å²) >= 11 is 0. The van der Waals surface area contributed by atoms with E-state index in [1.165, 1.54) is 29.5 Å². The SMILES string of the molecule is COc1ccc(NC(=O)N2CCC3(CC2)CN(CC2CC2)[C@@H](CO)c2c3c3ccc(OC)cc3n2C)cc1. The molecule has 2 fully saturated rings. The molecule has 1 saturated carbocycles. The van der Waals surface area contributed by atoms with Gasteiger partial charge >= 0.3 is 6.03 Å². The van der Waals surface area contributed by atoms with Crippen molar-refractivity contribution in [1.29, 1.82) is 0 Å². The fraction of sp³-hybridized carbons (Fsp3) is 0.500. The number of piperidine rings is 1. The van der Waals surface area contributed by atoms with E-state index in [1.54, 1.807) is 14.2 Å². The molecule has 1 saturated heterocycles. The number of ether oxygens (including phenoxy) is 2. The minimum absolute atomic E-state index is 0.0176. The maximum atomic E-state index is 13.2. The lowest BCUT2D eigenvalue weighted by atomic mass is 9.68. The van der Waals surface area contributed by atoms with E-state index in [4.69, 9.17) is 9.47 Å². The number of hydrogen-bond acceptors (Lipinski definition) is 5. The summed E-state index contributed by atoms with van der Waals surface area (Å²) in [6, 6.07) is 13.7. The van der Waals surface area contributed by atoms with Gasteiger partial charge in [0.15, 0.2) is 0 Å². The van der Waals surface area contributed by atoms with Gasteiger partial charge in [-0.2, -0.15) is 0 Å². The van der Waals surface area contributed by atoms with Gasteiger partial charge in [-0.05, 0) is 73.6 Å². The molecular weight excluding hydrogens is 480 g/mol. The van der Waals surface area contributed by atoms with Crippen LogP contribution >= 0.6 is 0 Å². The maximum Gasteiger partial charge on any atom is 0.321 e. The number of urea groups is 1. The molecule has 2 N–H and O–H groups in total. The summed E-state index contributed by atoms with van der Waals surface area (Å²) in [6.07, 6.45) is 4.33. The van der Waals surface area contributed by atoms with Gasteiger partial charge in [0.05, 0.1) is 32.4 Å². The first-order valence-electron chi connectivity index (χ1n) is 13.7. The van der Waals surface area contributed by atoms with E-state index in [1.807, 2.05) is 35.2 Å². The standard InChI is InChI=1S/C30H38N4O4/c1-32-25-16-23(38-3)10-11-24(25)27-28(32)26(18-35)34(17-20-4-5-20)19-30(27)12-14-33(15-13-30)29(36)31-21-6-8-22(37-2)9-7-21/h6-11,16,20,26,35H,4-5,12-15,17-19H2,1-3H3,(H,31,36)/t26-/m0/s1. The van der Waals surface area contributed by atoms with Gasteiger partial charge in [-0.3, -0.25) is 4.90 Å². The number of carbonyl (C=O) groups is 1. The Bertz CT molecular complexity index is 1320. The van der Waals surface area contributed by atoms with Crippen molar-refractivity contribution in [1.82, 2.24) is 14.4 Å². The van der Waals surface area contributed by atoms with Crippen LogP contribution in [0.4, 0.5) is 10.5 Å². The Morgan fingerprint density at radius 2 is 1.74 bits per heavy atom. The summed E-state index contributed by atoms with van der Waals surface area (Å²) in [5.41, 5.74) is 4.42. The molecule has 0 bridgehead atoms. The summed E-state index contributed by atoms with van der Waals surface area (Å²) in [6.45, 7) is 3.43. The second kappa shape index (κ2) is 9.82. The Morgan fingerprint density at radius 3 is 2.37 bits per heavy atom. The predicted octanol–water partition coefficient (Wildman–Crippen LogP) is 4.52. The third kappa shape index (κ3) is 4.29. The van der Waals surface area contributed by atoms with E-state index in [-0.39, 0.29) is 24.1 Å². The van der Waals surface area contributed by atoms with Crippen molar-refractivity contribution in [2.75, 3.05) is 52.3 Å². The number of nitrogens with one attached hydrogen (secondary N) is 1. The predicted molar refractivity (Wildman–Crippen MR) is 148 cm³/mol. The number of carbonyl (C=O) groups excluding carboxylic acids is 1. The molecule has 8 heteroatoms. The van der Waals surface area contributed by atoms with Gasteiger partial charge in [-0.1, -0.05) is 0 Å². The summed E-state index contributed by atoms with van der Waals surface area (Å²) in [7, 11) is 5.45. The molecule has 6 rings (SSSR count). The quantitative estimate of drug-likeness (QED) is 0.502. The second-order valence-corrected chi connectivity index (χ2v) is 11.2. The summed E-state index contributed by atoms with van der Waals surface area (Å²) in [5.74, 6) is 2.33. The first-order valence-corrected chi connectivity index (χ1v) is 13.7. The Balaban J connectivity index is 1.31. The highest BCUT2D eigenvalue weighted by molar-refractivity contribution is 5.90. The molecule has 2 amide bonds. The zero-order valence-electron chi connectivity index (χ0n) is 22.6. The van der Waals surface area contributed by atoms with E-state index in [2.05, 4.69) is 34.0 Å². The first-order chi connectivity index (χ1) is 18.5. The molecule has 2 aromatic carbocycles. The average Bonchev–Trinajstić information content (AvgIpc) is 3.71. The molecule has 1 atom stereocenters. The Labute approximate surface area is 224 Å². The minimum atomic E-state index is -0.0686. The van der Waals surface area contributed by atoms with Crippen LogP contribution in [-0.2, 0) is 12.5 Å². The molecule has 1 aliphatic carbocycles. The van der Waals surface area contributed by atoms with Gasteiger partial charge < -0.3 is 29.4 Å². The van der Waals surface area contributed by atoms with E-state index < -0.39 is 0 Å². The van der Waals surface area contributed by atoms with Crippen LogP contribution < -0.4 is 14.8 Å². The number of rotatable bonds is 6. The van der Waals surface area contributed by atoms with E-state index in [0.717, 1.165) is 54.6 Å². The summed E-state index contributed by atoms with van der Waals surface area (Å²) in [4.78, 5) is 17.6. The number of aryl methyl sites for hydroxylation is 1. The third-order valence-corrected chi connectivity index (χ3v) is 8.96. The zero-order valence-corrected chi connectivity index (χ0v) is 22.6. The molecule has 0 unspecified atom stereocenters. The highest BCUT2D eigenvalue weighted by Crippen LogP contribution is 2.51. The number of likely N-dealkylation sites (tertiary alicyclic amines) is 1. The molecule has 2 aliphatic heterocycles. The molecule has 3 aliphatic rings. The Morgan fingerprint density at radius 1 is 1.05 bits per heavy atom. The molecule has 8 nitrogen and oxygen atoms in total. The van der Waals surface area contributed by atoms with Crippen LogP contribution in [0, 0.1) is 5.92 Å². The number of aromatic nitrogens is 1. The van der Waals surface area contributed by atoms with Crippen molar-refractivity contribution in [2.45, 2.75) is 37.1 Å². The van der Waals surface area contributed by atoms with Crippen molar-refractivity contribution in [3.63, 3.8) is 0 Å². The van der Waals surface area contributed by atoms with Crippen LogP contribution in [-0.4, -0.2) is 72.5 Å². The number of aliphatic hydroxyl groups excluding tert-OH is 1. The molecule has 1 aromatic heterocycles. The fourth-order valence-electron chi connectivity index (χ4n) is 6.71. The number of benzene rings is 2. The van der Waals surface area contributed by atoms with Gasteiger partial charge in [0.2, 0.25) is 0 Å². The molecule has 3 heterocycles. The van der Waals surface area contributed by atoms with Gasteiger partial charge in [0, 0.05) is 61.5 Å². The van der Waals surface area contributed by atoms with Crippen molar-refractivity contribution in [2.24, 2.45) is 13.0 Å². The van der Waals surface area contributed by atoms with Crippen LogP contribution in [0.5, 0.6) is 11.5 Å². The smallest absolute Gasteiger partial charge is 0.321 e. The van der Waals surface area contributed by atoms with Crippen LogP contribution in [0.2, 0.25) is 0 Å². The molecule has 202 valence electrons. The van der Waals surface area contributed by atoms with E-state index >= 15 is 0 Å². The van der Waals surface area contributed by atoms with Crippen LogP contribution in [0.1, 0.15) is 43.0 Å². The minimum Gasteiger partial charge on any atom is -0.497 e. The van der Waals surface area contributed by atoms with E-state index in [0.29, 0.717) is 13.1 Å². The lowest BCUT2D eigenvalue weighted by molar-refractivity contribution is 0.0498. The lowest BCUT2D eigenvalue weighted by Gasteiger charge is -2.50. The molecule has 3 aromatic rings. The maximum absolute atomic E-state index is 13.2. The normalized spacial score (nSPS) is 20.9. The van der Waals surface area contributed by atoms with Crippen molar-refractivity contribution >= 4 is 22.6 Å². The van der Waals surface area contributed by atoms with Crippen molar-refractivity contribution in [3.05, 3.63) is 53.7 Å². The van der Waals surface area contributed by atoms with Crippen molar-refractivity contribution in [3.8, 4) is 11.5 Å². The van der Waals surface area contributed by atoms with Crippen LogP contribution in [0.3, 0.4) is 0 Å². The largest absolute Gasteiger partial charge is 0.497 e. The van der Waals surface area contributed by atoms with Gasteiger partial charge in [-0.15, -0.1) is 0 Å². The number of nitrogens with zero attached hydrogens (tertiary/aromatic N) is 3. The van der Waals surface area contributed by atoms with Gasteiger partial charge in [-0.25, -0.2) is 4.79 Å². The van der Waals surface area contributed by atoms with Gasteiger partial charge in [0.25, 0.3) is 0 Å². The number of aliphatic hydroxyl groups is 1. The molecule has 38 heavy (non-hydrogen) atoms. The number of hydrogen-bond donors (Lipinski definition) is 2. The number of methoxy groups -OCH3 is 2. The summed E-state index contributed by atoms with van der Waals surface area (Å²) < 4.78 is 13.1. The lowest BCUT2D eigenvalue weighted by Crippen LogP contribution is -2.55. The summed E-state index contributed by atoms with van der Waals surface area (Å²) in [5, 5.41) is 14.9. The number of anilines is 1. The number of fused-ring (bicyclic) bond motifs is 4. The Hall–Kier alpha value is -3.23. The monoisotopic (exact) mass is 518 g/mol.